The van der Waals surface area contributed by atoms with Crippen LogP contribution in [0.25, 0.3) is 0 Å². The van der Waals surface area contributed by atoms with Gasteiger partial charge in [0.15, 0.2) is 0 Å². The van der Waals surface area contributed by atoms with E-state index in [-0.39, 0.29) is 5.97 Å². The van der Waals surface area contributed by atoms with E-state index >= 15 is 0 Å². The molecule has 0 aromatic heterocycles. The number of benzene rings is 1. The van der Waals surface area contributed by atoms with Crippen molar-refractivity contribution in [1.29, 1.82) is 0 Å². The van der Waals surface area contributed by atoms with E-state index in [0.717, 1.165) is 24.3 Å². The van der Waals surface area contributed by atoms with E-state index in [0.29, 0.717) is 11.3 Å². The van der Waals surface area contributed by atoms with Crippen LogP contribution in [-0.4, -0.2) is 23.3 Å². The number of hydrogen-bond acceptors (Lipinski definition) is 4. The lowest BCUT2D eigenvalue weighted by Crippen LogP contribution is -2.47. The fourth-order valence-corrected chi connectivity index (χ4v) is 3.17. The minimum atomic E-state index is -0.698. The lowest BCUT2D eigenvalue weighted by molar-refractivity contribution is -0.158. The lowest BCUT2D eigenvalue weighted by atomic mass is 10.1. The Hall–Kier alpha value is -1.16. The molecule has 1 spiro atoms. The van der Waals surface area contributed by atoms with Crippen LogP contribution < -0.4 is 4.74 Å². The summed E-state index contributed by atoms with van der Waals surface area (Å²) in [7, 11) is 0. The van der Waals surface area contributed by atoms with E-state index in [1.54, 1.807) is 6.07 Å². The summed E-state index contributed by atoms with van der Waals surface area (Å²) in [5, 5.41) is 0. The Labute approximate surface area is 98.1 Å². The van der Waals surface area contributed by atoms with Crippen LogP contribution in [0.1, 0.15) is 23.2 Å². The molecule has 0 atom stereocenters. The molecule has 84 valence electrons. The number of esters is 1. The minimum Gasteiger partial charge on any atom is -0.451 e. The van der Waals surface area contributed by atoms with Gasteiger partial charge in [0.1, 0.15) is 11.3 Å². The summed E-state index contributed by atoms with van der Waals surface area (Å²) < 4.78 is 11.3. The molecule has 0 radical (unpaired) electrons. The molecule has 0 bridgehead atoms. The topological polar surface area (TPSA) is 35.5 Å². The molecule has 1 aromatic carbocycles. The van der Waals surface area contributed by atoms with Crippen molar-refractivity contribution in [2.24, 2.45) is 0 Å². The number of ether oxygens (including phenoxy) is 2. The number of rotatable bonds is 0. The Kier molecular flexibility index (Phi) is 2.32. The SMILES string of the molecule is O=C1OC2(CCSCC2)Oc2ccccc21. The Morgan fingerprint density at radius 1 is 1.12 bits per heavy atom. The van der Waals surface area contributed by atoms with E-state index in [2.05, 4.69) is 0 Å². The first kappa shape index (κ1) is 10.0. The summed E-state index contributed by atoms with van der Waals surface area (Å²) in [6.45, 7) is 0. The smallest absolute Gasteiger partial charge is 0.345 e. The van der Waals surface area contributed by atoms with Crippen molar-refractivity contribution in [3.05, 3.63) is 29.8 Å². The Balaban J connectivity index is 1.96. The van der Waals surface area contributed by atoms with Crippen molar-refractivity contribution in [3.8, 4) is 5.75 Å². The predicted octanol–water partition coefficient (Wildman–Crippen LogP) is 2.46. The third-order valence-corrected chi connectivity index (χ3v) is 3.92. The number of para-hydroxylation sites is 1. The molecule has 16 heavy (non-hydrogen) atoms. The van der Waals surface area contributed by atoms with Gasteiger partial charge in [-0.1, -0.05) is 12.1 Å². The van der Waals surface area contributed by atoms with Gasteiger partial charge in [0.05, 0.1) is 0 Å². The zero-order valence-corrected chi connectivity index (χ0v) is 9.59. The molecule has 0 N–H and O–H groups in total. The van der Waals surface area contributed by atoms with Gasteiger partial charge in [0.2, 0.25) is 0 Å². The van der Waals surface area contributed by atoms with Gasteiger partial charge in [-0.3, -0.25) is 0 Å². The molecular formula is C12H12O3S. The zero-order chi connectivity index (χ0) is 11.0. The summed E-state index contributed by atoms with van der Waals surface area (Å²) in [6, 6.07) is 7.27. The highest BCUT2D eigenvalue weighted by Gasteiger charge is 2.43. The molecule has 0 aliphatic carbocycles. The molecule has 0 saturated carbocycles. The van der Waals surface area contributed by atoms with Crippen LogP contribution in [0, 0.1) is 0 Å². The highest BCUT2D eigenvalue weighted by atomic mass is 32.2. The molecule has 3 nitrogen and oxygen atoms in total. The van der Waals surface area contributed by atoms with Crippen molar-refractivity contribution in [2.75, 3.05) is 11.5 Å². The van der Waals surface area contributed by atoms with Crippen molar-refractivity contribution in [2.45, 2.75) is 18.6 Å². The van der Waals surface area contributed by atoms with E-state index < -0.39 is 5.79 Å². The maximum absolute atomic E-state index is 11.8. The predicted molar refractivity (Wildman–Crippen MR) is 61.8 cm³/mol. The molecule has 3 rings (SSSR count). The second-order valence-electron chi connectivity index (χ2n) is 4.01. The third-order valence-electron chi connectivity index (χ3n) is 2.94. The average molecular weight is 236 g/mol. The van der Waals surface area contributed by atoms with Gasteiger partial charge in [-0.25, -0.2) is 4.79 Å². The standard InChI is InChI=1S/C12H12O3S/c13-11-9-3-1-2-4-10(9)14-12(15-11)5-7-16-8-6-12/h1-4H,5-8H2. The van der Waals surface area contributed by atoms with Gasteiger partial charge in [-0.05, 0) is 12.1 Å². The number of thioether (sulfide) groups is 1. The molecule has 2 aliphatic heterocycles. The van der Waals surface area contributed by atoms with Gasteiger partial charge in [-0.15, -0.1) is 0 Å². The summed E-state index contributed by atoms with van der Waals surface area (Å²) >= 11 is 1.87. The van der Waals surface area contributed by atoms with Crippen molar-refractivity contribution in [3.63, 3.8) is 0 Å². The second kappa shape index (κ2) is 3.70. The van der Waals surface area contributed by atoms with Crippen molar-refractivity contribution < 1.29 is 14.3 Å². The van der Waals surface area contributed by atoms with Crippen LogP contribution in [0.15, 0.2) is 24.3 Å². The van der Waals surface area contributed by atoms with E-state index in [4.69, 9.17) is 9.47 Å². The van der Waals surface area contributed by atoms with Gasteiger partial charge < -0.3 is 9.47 Å². The average Bonchev–Trinajstić information content (AvgIpc) is 2.30. The second-order valence-corrected chi connectivity index (χ2v) is 5.24. The molecule has 1 saturated heterocycles. The van der Waals surface area contributed by atoms with Crippen LogP contribution in [0.4, 0.5) is 0 Å². The monoisotopic (exact) mass is 236 g/mol. The molecule has 1 aromatic rings. The molecule has 4 heteroatoms. The van der Waals surface area contributed by atoms with Crippen LogP contribution in [-0.2, 0) is 4.74 Å². The Morgan fingerprint density at radius 3 is 2.69 bits per heavy atom. The Bertz CT molecular complexity index is 424. The number of fused-ring (bicyclic) bond motifs is 1. The Morgan fingerprint density at radius 2 is 1.88 bits per heavy atom. The maximum atomic E-state index is 11.8. The summed E-state index contributed by atoms with van der Waals surface area (Å²) in [4.78, 5) is 11.8. The molecule has 0 unspecified atom stereocenters. The minimum absolute atomic E-state index is 0.256. The maximum Gasteiger partial charge on any atom is 0.345 e. The first-order valence-electron chi connectivity index (χ1n) is 5.38. The van der Waals surface area contributed by atoms with Gasteiger partial charge in [0.25, 0.3) is 5.79 Å². The fourth-order valence-electron chi connectivity index (χ4n) is 2.06. The van der Waals surface area contributed by atoms with Crippen LogP contribution in [0.3, 0.4) is 0 Å². The van der Waals surface area contributed by atoms with Gasteiger partial charge >= 0.3 is 5.97 Å². The number of hydrogen-bond donors (Lipinski definition) is 0. The van der Waals surface area contributed by atoms with E-state index in [9.17, 15) is 4.79 Å². The summed E-state index contributed by atoms with van der Waals surface area (Å²) in [5.41, 5.74) is 0.534. The molecule has 0 amide bonds. The van der Waals surface area contributed by atoms with Crippen LogP contribution in [0.5, 0.6) is 5.75 Å². The first-order chi connectivity index (χ1) is 7.79. The molecular weight excluding hydrogens is 224 g/mol. The van der Waals surface area contributed by atoms with Crippen LogP contribution in [0.2, 0.25) is 0 Å². The quantitative estimate of drug-likeness (QED) is 0.648. The zero-order valence-electron chi connectivity index (χ0n) is 8.77. The highest BCUT2D eigenvalue weighted by Crippen LogP contribution is 2.38. The van der Waals surface area contributed by atoms with Gasteiger partial charge in [-0.2, -0.15) is 11.8 Å². The summed E-state index contributed by atoms with van der Waals surface area (Å²) in [5.74, 6) is 1.67. The summed E-state index contributed by atoms with van der Waals surface area (Å²) in [6.07, 6.45) is 1.55. The normalized spacial score (nSPS) is 22.1. The van der Waals surface area contributed by atoms with E-state index in [1.165, 1.54) is 0 Å². The van der Waals surface area contributed by atoms with Crippen molar-refractivity contribution in [1.82, 2.24) is 0 Å². The largest absolute Gasteiger partial charge is 0.451 e. The van der Waals surface area contributed by atoms with E-state index in [1.807, 2.05) is 30.0 Å². The van der Waals surface area contributed by atoms with Crippen LogP contribution >= 0.6 is 11.8 Å². The molecule has 2 aliphatic rings. The fraction of sp³-hybridized carbons (Fsp3) is 0.417. The number of carbonyl (C=O) groups is 1. The highest BCUT2D eigenvalue weighted by molar-refractivity contribution is 7.99. The van der Waals surface area contributed by atoms with Crippen molar-refractivity contribution >= 4 is 17.7 Å². The van der Waals surface area contributed by atoms with Gasteiger partial charge in [0, 0.05) is 24.3 Å². The lowest BCUT2D eigenvalue weighted by Gasteiger charge is -2.39. The third kappa shape index (κ3) is 1.57. The number of carbonyl (C=O) groups excluding carboxylic acids is 1. The molecule has 2 heterocycles. The molecule has 1 fully saturated rings. The first-order valence-corrected chi connectivity index (χ1v) is 6.54.